The van der Waals surface area contributed by atoms with Gasteiger partial charge in [-0.05, 0) is 42.0 Å². The molecule has 126 valence electrons. The van der Waals surface area contributed by atoms with E-state index in [-0.39, 0.29) is 5.91 Å². The molecule has 3 aromatic rings. The maximum Gasteiger partial charge on any atom is 0.274 e. The lowest BCUT2D eigenvalue weighted by atomic mass is 10.2. The van der Waals surface area contributed by atoms with Gasteiger partial charge < -0.3 is 15.4 Å². The number of amides is 1. The zero-order valence-corrected chi connectivity index (χ0v) is 13.9. The van der Waals surface area contributed by atoms with Crippen molar-refractivity contribution in [1.82, 2.24) is 4.98 Å². The average Bonchev–Trinajstić information content (AvgIpc) is 2.68. The second kappa shape index (κ2) is 7.97. The fourth-order valence-electron chi connectivity index (χ4n) is 2.30. The van der Waals surface area contributed by atoms with E-state index in [1.807, 2.05) is 60.7 Å². The average molecular weight is 333 g/mol. The zero-order valence-electron chi connectivity index (χ0n) is 13.9. The molecule has 1 amide bonds. The summed E-state index contributed by atoms with van der Waals surface area (Å²) in [4.78, 5) is 16.4. The minimum absolute atomic E-state index is 0.229. The van der Waals surface area contributed by atoms with E-state index in [1.54, 1.807) is 19.4 Å². The van der Waals surface area contributed by atoms with Crippen molar-refractivity contribution in [1.29, 1.82) is 0 Å². The Labute approximate surface area is 146 Å². The zero-order chi connectivity index (χ0) is 17.5. The molecule has 0 radical (unpaired) electrons. The summed E-state index contributed by atoms with van der Waals surface area (Å²) in [7, 11) is 1.65. The minimum Gasteiger partial charge on any atom is -0.497 e. The van der Waals surface area contributed by atoms with Gasteiger partial charge in [0.15, 0.2) is 0 Å². The Hall–Kier alpha value is -3.34. The van der Waals surface area contributed by atoms with E-state index < -0.39 is 0 Å². The number of para-hydroxylation sites is 1. The molecule has 0 aliphatic carbocycles. The van der Waals surface area contributed by atoms with Crippen LogP contribution in [-0.2, 0) is 6.54 Å². The highest BCUT2D eigenvalue weighted by molar-refractivity contribution is 6.02. The smallest absolute Gasteiger partial charge is 0.274 e. The molecule has 0 bridgehead atoms. The number of benzene rings is 2. The Morgan fingerprint density at radius 3 is 2.36 bits per heavy atom. The van der Waals surface area contributed by atoms with E-state index in [0.29, 0.717) is 12.2 Å². The summed E-state index contributed by atoms with van der Waals surface area (Å²) in [6.45, 7) is 0.668. The predicted octanol–water partition coefficient (Wildman–Crippen LogP) is 3.95. The lowest BCUT2D eigenvalue weighted by Crippen LogP contribution is -2.13. The van der Waals surface area contributed by atoms with Crippen LogP contribution in [0.5, 0.6) is 5.75 Å². The Balaban J connectivity index is 1.57. The summed E-state index contributed by atoms with van der Waals surface area (Å²) in [5.41, 5.74) is 3.11. The van der Waals surface area contributed by atoms with Crippen molar-refractivity contribution in [3.05, 3.63) is 84.2 Å². The fraction of sp³-hybridized carbons (Fsp3) is 0.100. The lowest BCUT2D eigenvalue weighted by Gasteiger charge is -2.08. The second-order valence-electron chi connectivity index (χ2n) is 5.45. The van der Waals surface area contributed by atoms with Crippen molar-refractivity contribution in [3.8, 4) is 5.75 Å². The number of nitrogens with zero attached hydrogens (tertiary/aromatic N) is 1. The third-order valence-corrected chi connectivity index (χ3v) is 3.68. The Bertz CT molecular complexity index is 816. The summed E-state index contributed by atoms with van der Waals surface area (Å²) in [5, 5.41) is 6.09. The summed E-state index contributed by atoms with van der Waals surface area (Å²) >= 11 is 0. The second-order valence-corrected chi connectivity index (χ2v) is 5.45. The molecule has 2 aromatic carbocycles. The number of nitrogens with one attached hydrogen (secondary N) is 2. The van der Waals surface area contributed by atoms with Crippen LogP contribution < -0.4 is 15.4 Å². The number of pyridine rings is 1. The van der Waals surface area contributed by atoms with E-state index in [2.05, 4.69) is 15.6 Å². The number of methoxy groups -OCH3 is 1. The fourth-order valence-corrected chi connectivity index (χ4v) is 2.30. The van der Waals surface area contributed by atoms with Crippen molar-refractivity contribution in [2.75, 3.05) is 17.7 Å². The van der Waals surface area contributed by atoms with E-state index in [0.717, 1.165) is 22.7 Å². The first-order chi connectivity index (χ1) is 12.2. The van der Waals surface area contributed by atoms with Gasteiger partial charge in [0, 0.05) is 12.2 Å². The first-order valence-electron chi connectivity index (χ1n) is 7.94. The van der Waals surface area contributed by atoms with Crippen molar-refractivity contribution in [2.45, 2.75) is 6.54 Å². The quantitative estimate of drug-likeness (QED) is 0.717. The number of aromatic nitrogens is 1. The van der Waals surface area contributed by atoms with E-state index in [1.165, 1.54) is 0 Å². The molecule has 5 heteroatoms. The van der Waals surface area contributed by atoms with Crippen molar-refractivity contribution in [2.24, 2.45) is 0 Å². The molecule has 0 spiro atoms. The highest BCUT2D eigenvalue weighted by Crippen LogP contribution is 2.14. The Kier molecular flexibility index (Phi) is 5.26. The molecule has 0 aliphatic heterocycles. The summed E-state index contributed by atoms with van der Waals surface area (Å²) in [6, 6.07) is 20.7. The summed E-state index contributed by atoms with van der Waals surface area (Å²) in [5.74, 6) is 0.604. The molecule has 0 saturated carbocycles. The molecule has 0 unspecified atom stereocenters. The van der Waals surface area contributed by atoms with Crippen LogP contribution in [0.25, 0.3) is 0 Å². The molecule has 1 heterocycles. The highest BCUT2D eigenvalue weighted by Gasteiger charge is 2.07. The van der Waals surface area contributed by atoms with Crippen molar-refractivity contribution >= 4 is 17.3 Å². The standard InChI is InChI=1S/C20H19N3O2/c1-25-18-10-7-15(8-11-18)13-21-17-9-12-19(22-14-17)20(24)23-16-5-3-2-4-6-16/h2-12,14,21H,13H2,1H3,(H,23,24). The molecule has 5 nitrogen and oxygen atoms in total. The van der Waals surface area contributed by atoms with Gasteiger partial charge in [-0.1, -0.05) is 30.3 Å². The van der Waals surface area contributed by atoms with Crippen LogP contribution in [0.15, 0.2) is 72.9 Å². The topological polar surface area (TPSA) is 63.2 Å². The van der Waals surface area contributed by atoms with E-state index in [9.17, 15) is 4.79 Å². The number of hydrogen-bond donors (Lipinski definition) is 2. The maximum atomic E-state index is 12.2. The number of ether oxygens (including phenoxy) is 1. The normalized spacial score (nSPS) is 10.1. The van der Waals surface area contributed by atoms with Gasteiger partial charge in [0.1, 0.15) is 11.4 Å². The summed E-state index contributed by atoms with van der Waals surface area (Å²) in [6.07, 6.45) is 1.66. The van der Waals surface area contributed by atoms with Crippen molar-refractivity contribution in [3.63, 3.8) is 0 Å². The van der Waals surface area contributed by atoms with Crippen LogP contribution in [0.4, 0.5) is 11.4 Å². The highest BCUT2D eigenvalue weighted by atomic mass is 16.5. The van der Waals surface area contributed by atoms with Crippen LogP contribution in [0.2, 0.25) is 0 Å². The molecule has 0 saturated heterocycles. The van der Waals surface area contributed by atoms with Crippen molar-refractivity contribution < 1.29 is 9.53 Å². The largest absolute Gasteiger partial charge is 0.497 e. The van der Waals surface area contributed by atoms with Gasteiger partial charge in [-0.3, -0.25) is 4.79 Å². The van der Waals surface area contributed by atoms with Crippen LogP contribution in [0, 0.1) is 0 Å². The van der Waals surface area contributed by atoms with Crippen LogP contribution in [-0.4, -0.2) is 18.0 Å². The molecular formula is C20H19N3O2. The molecule has 0 aliphatic rings. The van der Waals surface area contributed by atoms with Gasteiger partial charge in [0.2, 0.25) is 0 Å². The van der Waals surface area contributed by atoms with Crippen LogP contribution in [0.3, 0.4) is 0 Å². The number of carbonyl (C=O) groups is 1. The lowest BCUT2D eigenvalue weighted by molar-refractivity contribution is 0.102. The first-order valence-corrected chi connectivity index (χ1v) is 7.94. The van der Waals surface area contributed by atoms with Gasteiger partial charge in [-0.2, -0.15) is 0 Å². The van der Waals surface area contributed by atoms with Gasteiger partial charge >= 0.3 is 0 Å². The molecule has 0 atom stereocenters. The number of rotatable bonds is 6. The first kappa shape index (κ1) is 16.5. The van der Waals surface area contributed by atoms with E-state index >= 15 is 0 Å². The molecular weight excluding hydrogens is 314 g/mol. The molecule has 3 rings (SSSR count). The van der Waals surface area contributed by atoms with Crippen LogP contribution >= 0.6 is 0 Å². The van der Waals surface area contributed by atoms with Gasteiger partial charge in [0.25, 0.3) is 5.91 Å². The summed E-state index contributed by atoms with van der Waals surface area (Å²) < 4.78 is 5.14. The predicted molar refractivity (Wildman–Crippen MR) is 99.0 cm³/mol. The number of carbonyl (C=O) groups excluding carboxylic acids is 1. The van der Waals surface area contributed by atoms with Gasteiger partial charge in [-0.15, -0.1) is 0 Å². The number of anilines is 2. The Morgan fingerprint density at radius 2 is 1.72 bits per heavy atom. The third kappa shape index (κ3) is 4.57. The van der Waals surface area contributed by atoms with Gasteiger partial charge in [0.05, 0.1) is 19.0 Å². The number of hydrogen-bond acceptors (Lipinski definition) is 4. The van der Waals surface area contributed by atoms with E-state index in [4.69, 9.17) is 4.74 Å². The molecule has 2 N–H and O–H groups in total. The van der Waals surface area contributed by atoms with Gasteiger partial charge in [-0.25, -0.2) is 4.98 Å². The Morgan fingerprint density at radius 1 is 0.960 bits per heavy atom. The maximum absolute atomic E-state index is 12.2. The van der Waals surface area contributed by atoms with Crippen LogP contribution in [0.1, 0.15) is 16.1 Å². The molecule has 0 fully saturated rings. The molecule has 1 aromatic heterocycles. The monoisotopic (exact) mass is 333 g/mol. The third-order valence-electron chi connectivity index (χ3n) is 3.68. The SMILES string of the molecule is COc1ccc(CNc2ccc(C(=O)Nc3ccccc3)nc2)cc1. The molecule has 25 heavy (non-hydrogen) atoms. The minimum atomic E-state index is -0.229.